The van der Waals surface area contributed by atoms with Gasteiger partial charge < -0.3 is 4.74 Å². The number of methoxy groups -OCH3 is 1. The van der Waals surface area contributed by atoms with Crippen molar-refractivity contribution < 1.29 is 4.74 Å². The zero-order valence-electron chi connectivity index (χ0n) is 11.9. The predicted molar refractivity (Wildman–Crippen MR) is 80.5 cm³/mol. The normalized spacial score (nSPS) is 11.3. The van der Waals surface area contributed by atoms with Gasteiger partial charge in [-0.15, -0.1) is 0 Å². The predicted octanol–water partition coefficient (Wildman–Crippen LogP) is 3.13. The van der Waals surface area contributed by atoms with E-state index in [0.29, 0.717) is 23.0 Å². The Kier molecular flexibility index (Phi) is 3.47. The average Bonchev–Trinajstić information content (AvgIpc) is 2.84. The van der Waals surface area contributed by atoms with Crippen LogP contribution in [-0.4, -0.2) is 31.6 Å². The number of halogens is 1. The first-order valence-corrected chi connectivity index (χ1v) is 6.90. The highest BCUT2D eigenvalue weighted by Gasteiger charge is 2.15. The molecule has 0 aliphatic carbocycles. The summed E-state index contributed by atoms with van der Waals surface area (Å²) in [5, 5.41) is 0.194. The molecule has 0 fully saturated rings. The molecular weight excluding hydrogens is 290 g/mol. The van der Waals surface area contributed by atoms with E-state index in [0.717, 1.165) is 5.52 Å². The Bertz CT molecular complexity index is 799. The quantitative estimate of drug-likeness (QED) is 0.695. The molecule has 0 saturated heterocycles. The van der Waals surface area contributed by atoms with E-state index in [4.69, 9.17) is 16.3 Å². The van der Waals surface area contributed by atoms with Gasteiger partial charge in [-0.2, -0.15) is 4.98 Å². The van der Waals surface area contributed by atoms with Crippen LogP contribution in [0, 0.1) is 0 Å². The summed E-state index contributed by atoms with van der Waals surface area (Å²) in [5.41, 5.74) is 2.90. The van der Waals surface area contributed by atoms with Crippen molar-refractivity contribution in [2.45, 2.75) is 19.9 Å². The summed E-state index contributed by atoms with van der Waals surface area (Å²) < 4.78 is 7.32. The molecule has 0 N–H and O–H groups in total. The second-order valence-corrected chi connectivity index (χ2v) is 5.15. The van der Waals surface area contributed by atoms with E-state index in [1.54, 1.807) is 19.4 Å². The summed E-state index contributed by atoms with van der Waals surface area (Å²) in [6, 6.07) is 6.39. The molecule has 0 aliphatic heterocycles. The van der Waals surface area contributed by atoms with Crippen LogP contribution in [0.25, 0.3) is 22.6 Å². The van der Waals surface area contributed by atoms with Gasteiger partial charge in [-0.1, -0.05) is 0 Å². The van der Waals surface area contributed by atoms with Gasteiger partial charge in [0.2, 0.25) is 5.28 Å². The van der Waals surface area contributed by atoms with Gasteiger partial charge in [0.1, 0.15) is 0 Å². The van der Waals surface area contributed by atoms with Crippen molar-refractivity contribution in [3.05, 3.63) is 29.7 Å². The van der Waals surface area contributed by atoms with Crippen molar-refractivity contribution in [3.8, 4) is 17.4 Å². The summed E-state index contributed by atoms with van der Waals surface area (Å²) in [6.45, 7) is 4.14. The van der Waals surface area contributed by atoms with E-state index < -0.39 is 0 Å². The van der Waals surface area contributed by atoms with Gasteiger partial charge in [-0.05, 0) is 43.6 Å². The number of pyridine rings is 1. The van der Waals surface area contributed by atoms with Crippen LogP contribution >= 0.6 is 11.6 Å². The first-order chi connectivity index (χ1) is 10.1. The molecular formula is C14H14ClN5O. The Morgan fingerprint density at radius 2 is 1.86 bits per heavy atom. The first-order valence-electron chi connectivity index (χ1n) is 6.52. The molecule has 6 nitrogen and oxygen atoms in total. The van der Waals surface area contributed by atoms with Crippen LogP contribution in [-0.2, 0) is 0 Å². The summed E-state index contributed by atoms with van der Waals surface area (Å²) >= 11 is 5.82. The third-order valence-corrected chi connectivity index (χ3v) is 3.29. The SMILES string of the molecule is COc1nc2nc(-c3ccnc(Cl)n3)ccc2n1C(C)C. The van der Waals surface area contributed by atoms with Gasteiger partial charge in [0.25, 0.3) is 6.01 Å². The lowest BCUT2D eigenvalue weighted by molar-refractivity contribution is 0.350. The number of fused-ring (bicyclic) bond motifs is 1. The zero-order valence-corrected chi connectivity index (χ0v) is 12.7. The van der Waals surface area contributed by atoms with E-state index in [2.05, 4.69) is 33.8 Å². The molecule has 0 radical (unpaired) electrons. The van der Waals surface area contributed by atoms with Crippen LogP contribution in [0.2, 0.25) is 5.28 Å². The summed E-state index contributed by atoms with van der Waals surface area (Å²) in [6.07, 6.45) is 1.60. The minimum atomic E-state index is 0.194. The molecule has 108 valence electrons. The van der Waals surface area contributed by atoms with Crippen LogP contribution in [0.15, 0.2) is 24.4 Å². The van der Waals surface area contributed by atoms with Crippen molar-refractivity contribution in [2.24, 2.45) is 0 Å². The monoisotopic (exact) mass is 303 g/mol. The van der Waals surface area contributed by atoms with E-state index in [-0.39, 0.29) is 11.3 Å². The topological polar surface area (TPSA) is 65.7 Å². The molecule has 0 atom stereocenters. The van der Waals surface area contributed by atoms with Crippen LogP contribution < -0.4 is 4.74 Å². The lowest BCUT2D eigenvalue weighted by Gasteiger charge is -2.10. The van der Waals surface area contributed by atoms with Crippen LogP contribution in [0.4, 0.5) is 0 Å². The molecule has 3 heterocycles. The maximum absolute atomic E-state index is 5.82. The molecule has 21 heavy (non-hydrogen) atoms. The Balaban J connectivity index is 2.17. The van der Waals surface area contributed by atoms with Crippen molar-refractivity contribution >= 4 is 22.8 Å². The maximum Gasteiger partial charge on any atom is 0.298 e. The van der Waals surface area contributed by atoms with Crippen LogP contribution in [0.1, 0.15) is 19.9 Å². The fourth-order valence-electron chi connectivity index (χ4n) is 2.22. The van der Waals surface area contributed by atoms with E-state index >= 15 is 0 Å². The molecule has 7 heteroatoms. The summed E-state index contributed by atoms with van der Waals surface area (Å²) in [7, 11) is 1.60. The minimum absolute atomic E-state index is 0.194. The molecule has 3 rings (SSSR count). The molecule has 0 aliphatic rings. The number of ether oxygens (including phenoxy) is 1. The number of hydrogen-bond donors (Lipinski definition) is 0. The fourth-order valence-corrected chi connectivity index (χ4v) is 2.37. The molecule has 0 aromatic carbocycles. The molecule has 3 aromatic rings. The fraction of sp³-hybridized carbons (Fsp3) is 0.286. The van der Waals surface area contributed by atoms with Crippen molar-refractivity contribution in [1.29, 1.82) is 0 Å². The van der Waals surface area contributed by atoms with Crippen LogP contribution in [0.5, 0.6) is 6.01 Å². The van der Waals surface area contributed by atoms with Crippen molar-refractivity contribution in [3.63, 3.8) is 0 Å². The minimum Gasteiger partial charge on any atom is -0.468 e. The first kappa shape index (κ1) is 13.8. The lowest BCUT2D eigenvalue weighted by Crippen LogP contribution is -2.03. The van der Waals surface area contributed by atoms with Crippen molar-refractivity contribution in [2.75, 3.05) is 7.11 Å². The highest BCUT2D eigenvalue weighted by atomic mass is 35.5. The number of imidazole rings is 1. The summed E-state index contributed by atoms with van der Waals surface area (Å²) in [5.74, 6) is 0. The highest BCUT2D eigenvalue weighted by molar-refractivity contribution is 6.28. The Labute approximate surface area is 126 Å². The molecule has 0 unspecified atom stereocenters. The molecule has 0 amide bonds. The van der Waals surface area contributed by atoms with Gasteiger partial charge in [0.05, 0.1) is 24.0 Å². The van der Waals surface area contributed by atoms with Gasteiger partial charge in [-0.3, -0.25) is 4.57 Å². The number of nitrogens with zero attached hydrogens (tertiary/aromatic N) is 5. The third kappa shape index (κ3) is 2.42. The highest BCUT2D eigenvalue weighted by Crippen LogP contribution is 2.26. The smallest absolute Gasteiger partial charge is 0.298 e. The number of aromatic nitrogens is 5. The van der Waals surface area contributed by atoms with Crippen molar-refractivity contribution in [1.82, 2.24) is 24.5 Å². The van der Waals surface area contributed by atoms with Gasteiger partial charge >= 0.3 is 0 Å². The average molecular weight is 304 g/mol. The Morgan fingerprint density at radius 1 is 1.10 bits per heavy atom. The van der Waals surface area contributed by atoms with E-state index in [9.17, 15) is 0 Å². The van der Waals surface area contributed by atoms with Gasteiger partial charge in [0, 0.05) is 12.2 Å². The summed E-state index contributed by atoms with van der Waals surface area (Å²) in [4.78, 5) is 17.0. The third-order valence-electron chi connectivity index (χ3n) is 3.11. The second-order valence-electron chi connectivity index (χ2n) is 4.81. The zero-order chi connectivity index (χ0) is 15.0. The maximum atomic E-state index is 5.82. The molecule has 3 aromatic heterocycles. The van der Waals surface area contributed by atoms with Gasteiger partial charge in [0.15, 0.2) is 5.65 Å². The van der Waals surface area contributed by atoms with Crippen LogP contribution in [0.3, 0.4) is 0 Å². The molecule has 0 bridgehead atoms. The standard InChI is InChI=1S/C14H14ClN5O/c1-8(2)20-11-5-4-9(10-6-7-16-13(15)18-10)17-12(11)19-14(20)21-3/h4-8H,1-3H3. The molecule has 0 saturated carbocycles. The lowest BCUT2D eigenvalue weighted by atomic mass is 10.2. The number of rotatable bonds is 3. The van der Waals surface area contributed by atoms with Gasteiger partial charge in [-0.25, -0.2) is 15.0 Å². The Morgan fingerprint density at radius 3 is 2.52 bits per heavy atom. The molecule has 0 spiro atoms. The number of hydrogen-bond acceptors (Lipinski definition) is 5. The van der Waals surface area contributed by atoms with E-state index in [1.165, 1.54) is 0 Å². The second kappa shape index (κ2) is 5.29. The largest absolute Gasteiger partial charge is 0.468 e. The van der Waals surface area contributed by atoms with E-state index in [1.807, 2.05) is 16.7 Å². The Hall–Kier alpha value is -2.21.